The van der Waals surface area contributed by atoms with Crippen molar-refractivity contribution in [3.8, 4) is 0 Å². The topological polar surface area (TPSA) is 20.2 Å². The highest BCUT2D eigenvalue weighted by Gasteiger charge is 1.99. The minimum absolute atomic E-state index is 0.0661. The second-order valence-corrected chi connectivity index (χ2v) is 8.82. The Morgan fingerprint density at radius 2 is 0.879 bits per heavy atom. The third-order valence-electron chi connectivity index (χ3n) is 5.76. The van der Waals surface area contributed by atoms with Crippen molar-refractivity contribution in [3.63, 3.8) is 0 Å². The molecule has 0 aromatic rings. The molecule has 1 unspecified atom stereocenters. The molecule has 1 nitrogen and oxygen atoms in total. The SMILES string of the molecule is C=CC=CC=CC=CC=CC=CC=CCCCCCCCCCCCCCCCC(O)CC. The first-order valence-corrected chi connectivity index (χ1v) is 13.6. The monoisotopic (exact) mass is 452 g/mol. The standard InChI is InChI=1S/C32H52O/c1-3-5-6-7-8-9-10-11-12-13-14-15-16-17-18-19-20-21-22-23-24-25-26-27-28-29-30-31-32(33)4-2/h3,5-16,32-33H,1,4,17-31H2,2H3. The molecule has 0 aromatic carbocycles. The molecule has 0 aliphatic carbocycles. The second-order valence-electron chi connectivity index (χ2n) is 8.82. The first kappa shape index (κ1) is 31.1. The molecule has 0 bridgehead atoms. The van der Waals surface area contributed by atoms with Crippen LogP contribution in [-0.4, -0.2) is 11.2 Å². The summed E-state index contributed by atoms with van der Waals surface area (Å²) in [4.78, 5) is 0. The lowest BCUT2D eigenvalue weighted by molar-refractivity contribution is 0.156. The van der Waals surface area contributed by atoms with Gasteiger partial charge < -0.3 is 5.11 Å². The van der Waals surface area contributed by atoms with Crippen molar-refractivity contribution in [2.45, 2.75) is 116 Å². The van der Waals surface area contributed by atoms with E-state index in [4.69, 9.17) is 0 Å². The average molecular weight is 453 g/mol. The fourth-order valence-electron chi connectivity index (χ4n) is 3.62. The van der Waals surface area contributed by atoms with E-state index in [2.05, 4.69) is 43.9 Å². The Kier molecular flexibility index (Phi) is 26.6. The molecule has 1 N–H and O–H groups in total. The summed E-state index contributed by atoms with van der Waals surface area (Å²) in [6, 6.07) is 0. The summed E-state index contributed by atoms with van der Waals surface area (Å²) >= 11 is 0. The van der Waals surface area contributed by atoms with Gasteiger partial charge in [-0.25, -0.2) is 0 Å². The quantitative estimate of drug-likeness (QED) is 0.121. The molecule has 0 spiro atoms. The molecule has 0 saturated heterocycles. The van der Waals surface area contributed by atoms with Gasteiger partial charge >= 0.3 is 0 Å². The maximum Gasteiger partial charge on any atom is 0.0537 e. The molecular formula is C32H52O. The summed E-state index contributed by atoms with van der Waals surface area (Å²) in [6.45, 7) is 5.69. The van der Waals surface area contributed by atoms with Crippen molar-refractivity contribution >= 4 is 0 Å². The summed E-state index contributed by atoms with van der Waals surface area (Å²) in [7, 11) is 0. The lowest BCUT2D eigenvalue weighted by Crippen LogP contribution is -2.03. The molecule has 0 aliphatic heterocycles. The summed E-state index contributed by atoms with van der Waals surface area (Å²) in [5.41, 5.74) is 0. The van der Waals surface area contributed by atoms with Crippen molar-refractivity contribution in [1.29, 1.82) is 0 Å². The Bertz CT molecular complexity index is 573. The normalized spacial score (nSPS) is 13.8. The summed E-state index contributed by atoms with van der Waals surface area (Å²) in [5.74, 6) is 0. The van der Waals surface area contributed by atoms with Crippen LogP contribution >= 0.6 is 0 Å². The molecule has 33 heavy (non-hydrogen) atoms. The molecule has 0 saturated carbocycles. The van der Waals surface area contributed by atoms with E-state index < -0.39 is 0 Å². The lowest BCUT2D eigenvalue weighted by atomic mass is 10.0. The van der Waals surface area contributed by atoms with Gasteiger partial charge in [0, 0.05) is 0 Å². The van der Waals surface area contributed by atoms with Crippen molar-refractivity contribution in [2.75, 3.05) is 0 Å². The van der Waals surface area contributed by atoms with Gasteiger partial charge in [0.2, 0.25) is 0 Å². The summed E-state index contributed by atoms with van der Waals surface area (Å²) in [5, 5.41) is 9.54. The zero-order valence-electron chi connectivity index (χ0n) is 21.6. The molecule has 0 fully saturated rings. The van der Waals surface area contributed by atoms with Crippen LogP contribution in [0, 0.1) is 0 Å². The van der Waals surface area contributed by atoms with Crippen LogP contribution in [0.25, 0.3) is 0 Å². The van der Waals surface area contributed by atoms with E-state index in [0.717, 1.165) is 12.8 Å². The van der Waals surface area contributed by atoms with Crippen LogP contribution in [0.4, 0.5) is 0 Å². The van der Waals surface area contributed by atoms with Crippen molar-refractivity contribution in [3.05, 3.63) is 85.6 Å². The highest BCUT2D eigenvalue weighted by molar-refractivity contribution is 5.20. The number of unbranched alkanes of at least 4 members (excludes halogenated alkanes) is 13. The molecule has 0 aliphatic rings. The van der Waals surface area contributed by atoms with Crippen LogP contribution in [0.15, 0.2) is 85.6 Å². The van der Waals surface area contributed by atoms with Gasteiger partial charge in [-0.2, -0.15) is 0 Å². The fraction of sp³-hybridized carbons (Fsp3) is 0.562. The van der Waals surface area contributed by atoms with Crippen molar-refractivity contribution < 1.29 is 5.11 Å². The van der Waals surface area contributed by atoms with Gasteiger partial charge in [-0.3, -0.25) is 0 Å². The van der Waals surface area contributed by atoms with Crippen LogP contribution in [-0.2, 0) is 0 Å². The molecule has 0 heterocycles. The summed E-state index contributed by atoms with van der Waals surface area (Å²) < 4.78 is 0. The number of allylic oxidation sites excluding steroid dienone is 13. The molecule has 186 valence electrons. The highest BCUT2D eigenvalue weighted by Crippen LogP contribution is 2.14. The zero-order chi connectivity index (χ0) is 24.1. The largest absolute Gasteiger partial charge is 0.393 e. The molecule has 0 rings (SSSR count). The predicted molar refractivity (Wildman–Crippen MR) is 151 cm³/mol. The molecule has 0 amide bonds. The van der Waals surface area contributed by atoms with E-state index in [-0.39, 0.29) is 6.10 Å². The number of aliphatic hydroxyl groups is 1. The van der Waals surface area contributed by atoms with E-state index in [1.807, 2.05) is 42.5 Å². The van der Waals surface area contributed by atoms with E-state index in [0.29, 0.717) is 0 Å². The second kappa shape index (κ2) is 28.2. The van der Waals surface area contributed by atoms with Gasteiger partial charge in [0.1, 0.15) is 0 Å². The maximum absolute atomic E-state index is 9.54. The molecule has 1 heteroatoms. The lowest BCUT2D eigenvalue weighted by Gasteiger charge is -2.06. The summed E-state index contributed by atoms with van der Waals surface area (Å²) in [6.07, 6.45) is 47.1. The third-order valence-corrected chi connectivity index (χ3v) is 5.76. The first-order valence-electron chi connectivity index (χ1n) is 13.6. The van der Waals surface area contributed by atoms with Crippen LogP contribution in [0.3, 0.4) is 0 Å². The minimum atomic E-state index is -0.0661. The average Bonchev–Trinajstić information content (AvgIpc) is 2.83. The van der Waals surface area contributed by atoms with Gasteiger partial charge in [0.15, 0.2) is 0 Å². The van der Waals surface area contributed by atoms with Gasteiger partial charge in [-0.1, -0.05) is 170 Å². The van der Waals surface area contributed by atoms with Gasteiger partial charge in [-0.05, 0) is 25.7 Å². The van der Waals surface area contributed by atoms with Crippen LogP contribution in [0.5, 0.6) is 0 Å². The first-order chi connectivity index (χ1) is 16.3. The Morgan fingerprint density at radius 1 is 0.515 bits per heavy atom. The molecule has 1 atom stereocenters. The predicted octanol–water partition coefficient (Wildman–Crippen LogP) is 10.1. The van der Waals surface area contributed by atoms with Crippen LogP contribution in [0.1, 0.15) is 110 Å². The number of aliphatic hydroxyl groups excluding tert-OH is 1. The van der Waals surface area contributed by atoms with E-state index in [1.165, 1.54) is 89.9 Å². The number of rotatable bonds is 23. The van der Waals surface area contributed by atoms with E-state index in [9.17, 15) is 5.11 Å². The Balaban J connectivity index is 3.33. The molecular weight excluding hydrogens is 400 g/mol. The number of hydrogen-bond acceptors (Lipinski definition) is 1. The third kappa shape index (κ3) is 28.1. The van der Waals surface area contributed by atoms with Crippen molar-refractivity contribution in [2.24, 2.45) is 0 Å². The van der Waals surface area contributed by atoms with Crippen molar-refractivity contribution in [1.82, 2.24) is 0 Å². The van der Waals surface area contributed by atoms with E-state index >= 15 is 0 Å². The minimum Gasteiger partial charge on any atom is -0.393 e. The molecule has 0 aromatic heterocycles. The zero-order valence-corrected chi connectivity index (χ0v) is 21.6. The van der Waals surface area contributed by atoms with Gasteiger partial charge in [-0.15, -0.1) is 0 Å². The highest BCUT2D eigenvalue weighted by atomic mass is 16.3. The Labute approximate surface area is 206 Å². The van der Waals surface area contributed by atoms with Gasteiger partial charge in [0.05, 0.1) is 6.10 Å². The van der Waals surface area contributed by atoms with E-state index in [1.54, 1.807) is 6.08 Å². The Hall–Kier alpha value is -1.86. The molecule has 0 radical (unpaired) electrons. The fourth-order valence-corrected chi connectivity index (χ4v) is 3.62. The Morgan fingerprint density at radius 3 is 1.30 bits per heavy atom. The van der Waals surface area contributed by atoms with Gasteiger partial charge in [0.25, 0.3) is 0 Å². The smallest absolute Gasteiger partial charge is 0.0537 e. The van der Waals surface area contributed by atoms with Crippen LogP contribution in [0.2, 0.25) is 0 Å². The van der Waals surface area contributed by atoms with Crippen LogP contribution < -0.4 is 0 Å². The maximum atomic E-state index is 9.54. The number of hydrogen-bond donors (Lipinski definition) is 1.